The highest BCUT2D eigenvalue weighted by atomic mass is 32.2. The van der Waals surface area contributed by atoms with Crippen LogP contribution in [0.15, 0.2) is 24.3 Å². The van der Waals surface area contributed by atoms with Crippen molar-refractivity contribution in [3.63, 3.8) is 0 Å². The Balaban J connectivity index is 1.75. The van der Waals surface area contributed by atoms with Gasteiger partial charge in [0.15, 0.2) is 0 Å². The third-order valence-corrected chi connectivity index (χ3v) is 7.20. The highest BCUT2D eigenvalue weighted by Gasteiger charge is 2.70. The van der Waals surface area contributed by atoms with Gasteiger partial charge in [-0.05, 0) is 38.5 Å². The third kappa shape index (κ3) is 3.02. The molecule has 152 valence electrons. The number of nitrogens with two attached hydrogens (primary N) is 1. The summed E-state index contributed by atoms with van der Waals surface area (Å²) in [5, 5.41) is 11.8. The second-order valence-electron chi connectivity index (χ2n) is 8.18. The Bertz CT molecular complexity index is 826. The van der Waals surface area contributed by atoms with Gasteiger partial charge in [0.1, 0.15) is 23.0 Å². The van der Waals surface area contributed by atoms with E-state index in [0.717, 1.165) is 5.69 Å². The Labute approximate surface area is 168 Å². The minimum Gasteiger partial charge on any atom is -0.480 e. The molecule has 0 aliphatic carbocycles. The van der Waals surface area contributed by atoms with Crippen molar-refractivity contribution in [1.82, 2.24) is 10.2 Å². The number of aliphatic carboxylic acids is 1. The van der Waals surface area contributed by atoms with Crippen LogP contribution in [0.4, 0.5) is 5.69 Å². The lowest BCUT2D eigenvalue weighted by atomic mass is 9.85. The lowest BCUT2D eigenvalue weighted by Gasteiger charge is -2.51. The maximum atomic E-state index is 12.8. The fourth-order valence-electron chi connectivity index (χ4n) is 3.80. The number of benzene rings is 1. The minimum atomic E-state index is -1.18. The summed E-state index contributed by atoms with van der Waals surface area (Å²) in [6.45, 7) is 5.22. The fraction of sp³-hybridized carbons (Fsp3) is 0.526. The number of anilines is 1. The molecule has 2 aliphatic rings. The molecule has 2 aliphatic heterocycles. The van der Waals surface area contributed by atoms with E-state index < -0.39 is 45.5 Å². The summed E-state index contributed by atoms with van der Waals surface area (Å²) >= 11 is 1.38. The molecule has 3 rings (SSSR count). The summed E-state index contributed by atoms with van der Waals surface area (Å²) in [7, 11) is 3.84. The van der Waals surface area contributed by atoms with Crippen molar-refractivity contribution in [2.45, 2.75) is 48.5 Å². The van der Waals surface area contributed by atoms with Gasteiger partial charge in [0, 0.05) is 24.5 Å². The number of hydrogen-bond donors (Lipinski definition) is 3. The van der Waals surface area contributed by atoms with Gasteiger partial charge in [-0.3, -0.25) is 9.59 Å². The molecule has 28 heavy (non-hydrogen) atoms. The van der Waals surface area contributed by atoms with Crippen molar-refractivity contribution in [3.05, 3.63) is 29.8 Å². The van der Waals surface area contributed by atoms with E-state index in [9.17, 15) is 19.5 Å². The summed E-state index contributed by atoms with van der Waals surface area (Å²) < 4.78 is -0.654. The number of rotatable bonds is 5. The highest BCUT2D eigenvalue weighted by Crippen LogP contribution is 2.54. The lowest BCUT2D eigenvalue weighted by molar-refractivity contribution is -0.168. The first-order valence-corrected chi connectivity index (χ1v) is 9.86. The summed E-state index contributed by atoms with van der Waals surface area (Å²) in [5.41, 5.74) is 6.56. The molecular weight excluding hydrogens is 380 g/mol. The zero-order valence-corrected chi connectivity index (χ0v) is 17.4. The van der Waals surface area contributed by atoms with Crippen LogP contribution < -0.4 is 16.0 Å². The van der Waals surface area contributed by atoms with Crippen LogP contribution in [0.5, 0.6) is 0 Å². The van der Waals surface area contributed by atoms with Crippen LogP contribution in [0.2, 0.25) is 0 Å². The van der Waals surface area contributed by atoms with Crippen molar-refractivity contribution < 1.29 is 19.5 Å². The van der Waals surface area contributed by atoms with Gasteiger partial charge in [-0.2, -0.15) is 0 Å². The van der Waals surface area contributed by atoms with Crippen molar-refractivity contribution in [2.75, 3.05) is 19.0 Å². The molecular formula is C19H26N4O4S. The van der Waals surface area contributed by atoms with E-state index in [4.69, 9.17) is 5.73 Å². The summed E-state index contributed by atoms with van der Waals surface area (Å²) in [6, 6.07) is 5.45. The first kappa shape index (κ1) is 20.5. The van der Waals surface area contributed by atoms with Gasteiger partial charge in [0.05, 0.1) is 0 Å². The van der Waals surface area contributed by atoms with Crippen LogP contribution in [0.3, 0.4) is 0 Å². The van der Waals surface area contributed by atoms with Crippen LogP contribution in [-0.4, -0.2) is 63.6 Å². The number of nitrogens with one attached hydrogen (secondary N) is 1. The van der Waals surface area contributed by atoms with Crippen LogP contribution in [-0.2, 0) is 14.4 Å². The van der Waals surface area contributed by atoms with Gasteiger partial charge < -0.3 is 26.0 Å². The topological polar surface area (TPSA) is 116 Å². The van der Waals surface area contributed by atoms with E-state index >= 15 is 0 Å². The number of carbonyl (C=O) groups is 3. The average Bonchev–Trinajstić information content (AvgIpc) is 2.90. The number of amides is 2. The van der Waals surface area contributed by atoms with Crippen LogP contribution in [0.25, 0.3) is 0 Å². The molecule has 1 aromatic rings. The number of fused-ring (bicyclic) bond motifs is 1. The van der Waals surface area contributed by atoms with E-state index in [-0.39, 0.29) is 0 Å². The van der Waals surface area contributed by atoms with Crippen LogP contribution >= 0.6 is 11.8 Å². The predicted molar refractivity (Wildman–Crippen MR) is 108 cm³/mol. The molecule has 0 saturated carbocycles. The van der Waals surface area contributed by atoms with E-state index in [2.05, 4.69) is 5.32 Å². The predicted octanol–water partition coefficient (Wildman–Crippen LogP) is 0.774. The summed E-state index contributed by atoms with van der Waals surface area (Å²) in [6.07, 6.45) is 0. The monoisotopic (exact) mass is 406 g/mol. The number of carbonyl (C=O) groups excluding carboxylic acids is 2. The summed E-state index contributed by atoms with van der Waals surface area (Å²) in [4.78, 5) is 40.4. The van der Waals surface area contributed by atoms with Crippen LogP contribution in [0.1, 0.15) is 32.4 Å². The van der Waals surface area contributed by atoms with Crippen molar-refractivity contribution >= 4 is 35.2 Å². The quantitative estimate of drug-likeness (QED) is 0.619. The van der Waals surface area contributed by atoms with Gasteiger partial charge in [-0.15, -0.1) is 11.8 Å². The zero-order chi connectivity index (χ0) is 21.0. The van der Waals surface area contributed by atoms with Crippen molar-refractivity contribution in [2.24, 2.45) is 5.73 Å². The third-order valence-electron chi connectivity index (χ3n) is 5.45. The minimum absolute atomic E-state index is 0.397. The lowest BCUT2D eigenvalue weighted by Crippen LogP contribution is -2.78. The molecule has 4 N–H and O–H groups in total. The number of nitrogens with zero attached hydrogens (tertiary/aromatic N) is 2. The molecule has 1 aromatic carbocycles. The SMILES string of the molecule is CN(C)c1ccc(C(N)C(=O)N[C@@]2(C)C(=O)N3[C@@H](C(=O)O)C(C)(C)S[C@@H]32)cc1. The molecule has 0 bridgehead atoms. The molecule has 4 atom stereocenters. The second-order valence-corrected chi connectivity index (χ2v) is 9.92. The molecule has 8 nitrogen and oxygen atoms in total. The Hall–Kier alpha value is -2.26. The molecule has 2 amide bonds. The standard InChI is InChI=1S/C19H26N4O4S/c1-18(2)13(15(25)26)23-16(27)19(3,17(23)28-18)21-14(24)12(20)10-6-8-11(9-7-10)22(4)5/h6-9,12-13,17H,20H2,1-5H3,(H,21,24)(H,25,26)/t12?,13-,17+,19-/m0/s1. The average molecular weight is 407 g/mol. The van der Waals surface area contributed by atoms with E-state index in [1.54, 1.807) is 32.9 Å². The largest absolute Gasteiger partial charge is 0.480 e. The number of thioether (sulfide) groups is 1. The molecule has 9 heteroatoms. The maximum Gasteiger partial charge on any atom is 0.327 e. The number of hydrogen-bond acceptors (Lipinski definition) is 6. The molecule has 0 spiro atoms. The molecule has 0 radical (unpaired) electrons. The van der Waals surface area contributed by atoms with Gasteiger partial charge in [-0.25, -0.2) is 4.79 Å². The van der Waals surface area contributed by atoms with E-state index in [1.807, 2.05) is 31.1 Å². The zero-order valence-electron chi connectivity index (χ0n) is 16.6. The Morgan fingerprint density at radius 1 is 1.25 bits per heavy atom. The van der Waals surface area contributed by atoms with E-state index in [1.165, 1.54) is 16.7 Å². The molecule has 2 fully saturated rings. The second kappa shape index (κ2) is 6.66. The molecule has 1 unspecified atom stereocenters. The maximum absolute atomic E-state index is 12.8. The van der Waals surface area contributed by atoms with Gasteiger partial charge in [0.2, 0.25) is 5.91 Å². The summed E-state index contributed by atoms with van der Waals surface area (Å²) in [5.74, 6) is -1.91. The highest BCUT2D eigenvalue weighted by molar-refractivity contribution is 8.01. The fourth-order valence-corrected chi connectivity index (χ4v) is 5.45. The van der Waals surface area contributed by atoms with Crippen molar-refractivity contribution in [1.29, 1.82) is 0 Å². The normalized spacial score (nSPS) is 28.9. The number of carboxylic acids is 1. The molecule has 2 saturated heterocycles. The first-order valence-electron chi connectivity index (χ1n) is 8.98. The smallest absolute Gasteiger partial charge is 0.327 e. The first-order chi connectivity index (χ1) is 12.9. The van der Waals surface area contributed by atoms with Gasteiger partial charge in [0.25, 0.3) is 5.91 Å². The van der Waals surface area contributed by atoms with Crippen LogP contribution in [0, 0.1) is 0 Å². The van der Waals surface area contributed by atoms with Gasteiger partial charge in [-0.1, -0.05) is 12.1 Å². The van der Waals surface area contributed by atoms with E-state index in [0.29, 0.717) is 5.56 Å². The number of β-lactam (4-membered cyclic amide) rings is 1. The van der Waals surface area contributed by atoms with Gasteiger partial charge >= 0.3 is 5.97 Å². The molecule has 0 aromatic heterocycles. The Kier molecular flexibility index (Phi) is 4.87. The van der Waals surface area contributed by atoms with Crippen molar-refractivity contribution in [3.8, 4) is 0 Å². The Morgan fingerprint density at radius 3 is 2.32 bits per heavy atom. The molecule has 2 heterocycles. The number of carboxylic acid groups (broad SMARTS) is 1. The Morgan fingerprint density at radius 2 is 1.82 bits per heavy atom.